The van der Waals surface area contributed by atoms with Gasteiger partial charge in [0.2, 0.25) is 0 Å². The first-order valence-electron chi connectivity index (χ1n) is 9.90. The molecular formula is C21H32N2O2. The molecule has 0 unspecified atom stereocenters. The minimum Gasteiger partial charge on any atom is -0.381 e. The lowest BCUT2D eigenvalue weighted by molar-refractivity contribution is 0.0284. The van der Waals surface area contributed by atoms with E-state index in [-0.39, 0.29) is 0 Å². The number of benzene rings is 1. The van der Waals surface area contributed by atoms with Gasteiger partial charge in [0.25, 0.3) is 0 Å². The Bertz CT molecular complexity index is 556. The molecule has 3 heterocycles. The van der Waals surface area contributed by atoms with Crippen molar-refractivity contribution in [2.24, 2.45) is 5.41 Å². The predicted molar refractivity (Wildman–Crippen MR) is 99.7 cm³/mol. The van der Waals surface area contributed by atoms with Gasteiger partial charge >= 0.3 is 0 Å². The molecule has 1 atom stereocenters. The van der Waals surface area contributed by atoms with Gasteiger partial charge in [-0.15, -0.1) is 0 Å². The fourth-order valence-electron chi connectivity index (χ4n) is 4.75. The zero-order chi connectivity index (χ0) is 17.1. The molecule has 4 heteroatoms. The molecular weight excluding hydrogens is 312 g/mol. The van der Waals surface area contributed by atoms with E-state index in [0.29, 0.717) is 5.41 Å². The third-order valence-corrected chi connectivity index (χ3v) is 6.22. The number of rotatable bonds is 3. The molecule has 1 aromatic carbocycles. The molecule has 1 spiro atoms. The van der Waals surface area contributed by atoms with Crippen LogP contribution in [0, 0.1) is 12.3 Å². The maximum atomic E-state index is 6.06. The van der Waals surface area contributed by atoms with Crippen LogP contribution in [0.2, 0.25) is 0 Å². The smallest absolute Gasteiger partial charge is 0.0593 e. The molecule has 4 nitrogen and oxygen atoms in total. The first-order valence-corrected chi connectivity index (χ1v) is 9.90. The number of ether oxygens (including phenoxy) is 2. The average molecular weight is 344 g/mol. The van der Waals surface area contributed by atoms with Crippen molar-refractivity contribution in [1.82, 2.24) is 9.80 Å². The summed E-state index contributed by atoms with van der Waals surface area (Å²) in [6.45, 7) is 11.5. The third kappa shape index (κ3) is 4.25. The van der Waals surface area contributed by atoms with Crippen LogP contribution in [0.4, 0.5) is 0 Å². The molecule has 0 amide bonds. The minimum absolute atomic E-state index is 0.319. The number of hydrogen-bond donors (Lipinski definition) is 0. The summed E-state index contributed by atoms with van der Waals surface area (Å²) in [6.07, 6.45) is 3.67. The minimum atomic E-state index is 0.319. The SMILES string of the molecule is Cc1ccc(CN2CCOC[C@]3(CCN(C4CCOCC4)C3)C2)cc1. The summed E-state index contributed by atoms with van der Waals surface area (Å²) in [5.41, 5.74) is 3.07. The summed E-state index contributed by atoms with van der Waals surface area (Å²) in [5.74, 6) is 0. The van der Waals surface area contributed by atoms with Crippen molar-refractivity contribution in [3.8, 4) is 0 Å². The van der Waals surface area contributed by atoms with E-state index < -0.39 is 0 Å². The van der Waals surface area contributed by atoms with Crippen LogP contribution in [-0.2, 0) is 16.0 Å². The first kappa shape index (κ1) is 17.5. The second-order valence-corrected chi connectivity index (χ2v) is 8.31. The van der Waals surface area contributed by atoms with Crippen molar-refractivity contribution in [2.75, 3.05) is 52.6 Å². The fourth-order valence-corrected chi connectivity index (χ4v) is 4.75. The summed E-state index contributed by atoms with van der Waals surface area (Å²) in [5, 5.41) is 0. The molecule has 0 N–H and O–H groups in total. The van der Waals surface area contributed by atoms with E-state index in [2.05, 4.69) is 41.0 Å². The highest BCUT2D eigenvalue weighted by Crippen LogP contribution is 2.36. The van der Waals surface area contributed by atoms with E-state index in [1.165, 1.54) is 50.0 Å². The predicted octanol–water partition coefficient (Wildman–Crippen LogP) is 2.70. The maximum Gasteiger partial charge on any atom is 0.0593 e. The molecule has 3 aliphatic rings. The molecule has 3 saturated heterocycles. The first-order chi connectivity index (χ1) is 12.2. The van der Waals surface area contributed by atoms with E-state index >= 15 is 0 Å². The molecule has 0 aliphatic carbocycles. The van der Waals surface area contributed by atoms with Gasteiger partial charge in [0.1, 0.15) is 0 Å². The molecule has 0 bridgehead atoms. The zero-order valence-electron chi connectivity index (χ0n) is 15.6. The Balaban J connectivity index is 1.40. The van der Waals surface area contributed by atoms with E-state index in [1.54, 1.807) is 0 Å². The van der Waals surface area contributed by atoms with Gasteiger partial charge in [-0.3, -0.25) is 9.80 Å². The standard InChI is InChI=1S/C21H32N2O2/c1-18-2-4-19(5-3-18)14-22-10-13-25-17-21(15-22)8-9-23(16-21)20-6-11-24-12-7-20/h2-5,20H,6-17H2,1H3/t21-/m1/s1. The van der Waals surface area contributed by atoms with Crippen molar-refractivity contribution in [2.45, 2.75) is 38.8 Å². The highest BCUT2D eigenvalue weighted by atomic mass is 16.5. The quantitative estimate of drug-likeness (QED) is 0.842. The van der Waals surface area contributed by atoms with Gasteiger partial charge in [-0.1, -0.05) is 29.8 Å². The zero-order valence-corrected chi connectivity index (χ0v) is 15.6. The second-order valence-electron chi connectivity index (χ2n) is 8.31. The number of hydrogen-bond acceptors (Lipinski definition) is 4. The number of aryl methyl sites for hydroxylation is 1. The van der Waals surface area contributed by atoms with E-state index in [0.717, 1.165) is 45.6 Å². The van der Waals surface area contributed by atoms with Crippen LogP contribution >= 0.6 is 0 Å². The van der Waals surface area contributed by atoms with E-state index in [4.69, 9.17) is 9.47 Å². The molecule has 0 aromatic heterocycles. The van der Waals surface area contributed by atoms with Gasteiger partial charge in [-0.25, -0.2) is 0 Å². The van der Waals surface area contributed by atoms with Gasteiger partial charge in [0.15, 0.2) is 0 Å². The van der Waals surface area contributed by atoms with Crippen LogP contribution in [0.25, 0.3) is 0 Å². The molecule has 0 saturated carbocycles. The largest absolute Gasteiger partial charge is 0.381 e. The van der Waals surface area contributed by atoms with E-state index in [9.17, 15) is 0 Å². The normalized spacial score (nSPS) is 30.0. The lowest BCUT2D eigenvalue weighted by Gasteiger charge is -2.35. The third-order valence-electron chi connectivity index (χ3n) is 6.22. The van der Waals surface area contributed by atoms with Gasteiger partial charge in [0, 0.05) is 50.8 Å². The van der Waals surface area contributed by atoms with Gasteiger partial charge < -0.3 is 9.47 Å². The van der Waals surface area contributed by atoms with Crippen LogP contribution in [0.15, 0.2) is 24.3 Å². The highest BCUT2D eigenvalue weighted by Gasteiger charge is 2.43. The molecule has 4 rings (SSSR count). The van der Waals surface area contributed by atoms with Gasteiger partial charge in [-0.2, -0.15) is 0 Å². The van der Waals surface area contributed by atoms with Crippen LogP contribution in [0.1, 0.15) is 30.4 Å². The van der Waals surface area contributed by atoms with Crippen molar-refractivity contribution in [3.63, 3.8) is 0 Å². The van der Waals surface area contributed by atoms with Crippen LogP contribution < -0.4 is 0 Å². The number of nitrogens with zero attached hydrogens (tertiary/aromatic N) is 2. The molecule has 25 heavy (non-hydrogen) atoms. The summed E-state index contributed by atoms with van der Waals surface area (Å²) in [6, 6.07) is 9.72. The molecule has 3 aliphatic heterocycles. The Morgan fingerprint density at radius 3 is 2.60 bits per heavy atom. The molecule has 1 aromatic rings. The van der Waals surface area contributed by atoms with E-state index in [1.807, 2.05) is 0 Å². The molecule has 3 fully saturated rings. The Kier molecular flexibility index (Phi) is 5.41. The van der Waals surface area contributed by atoms with Crippen LogP contribution in [-0.4, -0.2) is 68.4 Å². The summed E-state index contributed by atoms with van der Waals surface area (Å²) in [7, 11) is 0. The Labute approximate surface area is 152 Å². The van der Waals surface area contributed by atoms with Crippen LogP contribution in [0.3, 0.4) is 0 Å². The molecule has 0 radical (unpaired) electrons. The Hall–Kier alpha value is -0.940. The monoisotopic (exact) mass is 344 g/mol. The van der Waals surface area contributed by atoms with Crippen LogP contribution in [0.5, 0.6) is 0 Å². The fraction of sp³-hybridized carbons (Fsp3) is 0.714. The number of likely N-dealkylation sites (tertiary alicyclic amines) is 1. The van der Waals surface area contributed by atoms with Gasteiger partial charge in [-0.05, 0) is 38.3 Å². The van der Waals surface area contributed by atoms with Crippen molar-refractivity contribution in [3.05, 3.63) is 35.4 Å². The van der Waals surface area contributed by atoms with Crippen molar-refractivity contribution < 1.29 is 9.47 Å². The topological polar surface area (TPSA) is 24.9 Å². The highest BCUT2D eigenvalue weighted by molar-refractivity contribution is 5.21. The van der Waals surface area contributed by atoms with Gasteiger partial charge in [0.05, 0.1) is 13.2 Å². The lowest BCUT2D eigenvalue weighted by atomic mass is 9.87. The Morgan fingerprint density at radius 1 is 1.00 bits per heavy atom. The summed E-state index contributed by atoms with van der Waals surface area (Å²) < 4.78 is 11.6. The average Bonchev–Trinajstić information content (AvgIpc) is 2.94. The molecule has 138 valence electrons. The maximum absolute atomic E-state index is 6.06. The van der Waals surface area contributed by atoms with Crippen molar-refractivity contribution in [1.29, 1.82) is 0 Å². The second kappa shape index (κ2) is 7.75. The lowest BCUT2D eigenvalue weighted by Crippen LogP contribution is -2.43. The Morgan fingerprint density at radius 2 is 1.80 bits per heavy atom. The van der Waals surface area contributed by atoms with Crippen molar-refractivity contribution >= 4 is 0 Å². The summed E-state index contributed by atoms with van der Waals surface area (Å²) >= 11 is 0. The summed E-state index contributed by atoms with van der Waals surface area (Å²) in [4.78, 5) is 5.34.